The number of aromatic hydroxyl groups is 1. The molecule has 0 aromatic heterocycles. The second-order valence-electron chi connectivity index (χ2n) is 4.16. The van der Waals surface area contributed by atoms with Crippen LogP contribution in [0.2, 0.25) is 0 Å². The molecule has 0 aliphatic heterocycles. The van der Waals surface area contributed by atoms with E-state index >= 15 is 0 Å². The molecule has 2 N–H and O–H groups in total. The third-order valence-corrected chi connectivity index (χ3v) is 3.01. The first kappa shape index (κ1) is 10.5. The van der Waals surface area contributed by atoms with Crippen LogP contribution in [-0.4, -0.2) is 23.9 Å². The summed E-state index contributed by atoms with van der Waals surface area (Å²) in [5, 5.41) is 19.8. The van der Waals surface area contributed by atoms with E-state index in [1.165, 1.54) is 0 Å². The van der Waals surface area contributed by atoms with Gasteiger partial charge in [-0.25, -0.2) is 0 Å². The molecule has 15 heavy (non-hydrogen) atoms. The Balaban J connectivity index is 2.44. The van der Waals surface area contributed by atoms with Crippen LogP contribution in [0.5, 0.6) is 5.75 Å². The maximum atomic E-state index is 10.4. The van der Waals surface area contributed by atoms with Crippen molar-refractivity contribution >= 4 is 0 Å². The minimum absolute atomic E-state index is 0.199. The number of fused-ring (bicyclic) bond motifs is 1. The fourth-order valence-electron chi connectivity index (χ4n) is 2.31. The molecule has 1 aliphatic carbocycles. The van der Waals surface area contributed by atoms with Gasteiger partial charge in [0.2, 0.25) is 0 Å². The van der Waals surface area contributed by atoms with Crippen LogP contribution in [0, 0.1) is 0 Å². The molecule has 1 aliphatic rings. The monoisotopic (exact) mass is 208 g/mol. The summed E-state index contributed by atoms with van der Waals surface area (Å²) in [7, 11) is 1.58. The third kappa shape index (κ3) is 1.85. The van der Waals surface area contributed by atoms with Crippen molar-refractivity contribution in [1.29, 1.82) is 0 Å². The van der Waals surface area contributed by atoms with Crippen LogP contribution in [0.3, 0.4) is 0 Å². The van der Waals surface area contributed by atoms with Crippen LogP contribution in [0.4, 0.5) is 0 Å². The van der Waals surface area contributed by atoms with E-state index in [1.54, 1.807) is 19.2 Å². The van der Waals surface area contributed by atoms with Gasteiger partial charge in [-0.05, 0) is 42.5 Å². The standard InChI is InChI=1S/C12H16O3/c1-15-8-12(14)6-2-3-9-4-5-10(13)7-11(9)12/h4-5,7,13-14H,2-3,6,8H2,1H3. The Morgan fingerprint density at radius 3 is 3.00 bits per heavy atom. The highest BCUT2D eigenvalue weighted by Crippen LogP contribution is 2.37. The van der Waals surface area contributed by atoms with Crippen LogP contribution >= 0.6 is 0 Å². The van der Waals surface area contributed by atoms with Crippen molar-refractivity contribution in [2.45, 2.75) is 24.9 Å². The van der Waals surface area contributed by atoms with Gasteiger partial charge >= 0.3 is 0 Å². The van der Waals surface area contributed by atoms with Crippen LogP contribution in [0.25, 0.3) is 0 Å². The number of hydrogen-bond donors (Lipinski definition) is 2. The number of methoxy groups -OCH3 is 1. The van der Waals surface area contributed by atoms with Gasteiger partial charge in [0.05, 0.1) is 6.61 Å². The molecular weight excluding hydrogens is 192 g/mol. The molecule has 1 unspecified atom stereocenters. The van der Waals surface area contributed by atoms with E-state index in [-0.39, 0.29) is 12.4 Å². The highest BCUT2D eigenvalue weighted by Gasteiger charge is 2.34. The second kappa shape index (κ2) is 3.83. The molecule has 1 atom stereocenters. The van der Waals surface area contributed by atoms with Gasteiger partial charge in [-0.15, -0.1) is 0 Å². The number of aliphatic hydroxyl groups is 1. The molecule has 0 spiro atoms. The minimum atomic E-state index is -0.929. The maximum Gasteiger partial charge on any atom is 0.115 e. The van der Waals surface area contributed by atoms with Crippen molar-refractivity contribution in [2.24, 2.45) is 0 Å². The smallest absolute Gasteiger partial charge is 0.115 e. The van der Waals surface area contributed by atoms with Gasteiger partial charge in [0.1, 0.15) is 11.4 Å². The summed E-state index contributed by atoms with van der Waals surface area (Å²) in [5.41, 5.74) is 0.996. The van der Waals surface area contributed by atoms with Crippen LogP contribution < -0.4 is 0 Å². The molecule has 0 saturated carbocycles. The molecule has 0 radical (unpaired) electrons. The van der Waals surface area contributed by atoms with E-state index < -0.39 is 5.60 Å². The highest BCUT2D eigenvalue weighted by molar-refractivity contribution is 5.40. The molecule has 0 heterocycles. The fourth-order valence-corrected chi connectivity index (χ4v) is 2.31. The molecule has 1 aromatic rings. The highest BCUT2D eigenvalue weighted by atomic mass is 16.5. The first-order chi connectivity index (χ1) is 7.15. The summed E-state index contributed by atoms with van der Waals surface area (Å²) in [4.78, 5) is 0. The average Bonchev–Trinajstić information content (AvgIpc) is 2.20. The molecule has 0 saturated heterocycles. The molecule has 1 aromatic carbocycles. The van der Waals surface area contributed by atoms with E-state index in [0.717, 1.165) is 24.0 Å². The van der Waals surface area contributed by atoms with Crippen molar-refractivity contribution in [2.75, 3.05) is 13.7 Å². The van der Waals surface area contributed by atoms with Gasteiger partial charge in [-0.3, -0.25) is 0 Å². The Hall–Kier alpha value is -1.06. The van der Waals surface area contributed by atoms with Gasteiger partial charge in [0.15, 0.2) is 0 Å². The lowest BCUT2D eigenvalue weighted by Gasteiger charge is -2.33. The predicted octanol–water partition coefficient (Wildman–Crippen LogP) is 1.56. The summed E-state index contributed by atoms with van der Waals surface area (Å²) < 4.78 is 5.05. The van der Waals surface area contributed by atoms with Gasteiger partial charge in [0, 0.05) is 7.11 Å². The lowest BCUT2D eigenvalue weighted by molar-refractivity contribution is -0.0480. The normalized spacial score (nSPS) is 24.9. The lowest BCUT2D eigenvalue weighted by atomic mass is 9.79. The number of hydrogen-bond acceptors (Lipinski definition) is 3. The number of ether oxygens (including phenoxy) is 1. The van der Waals surface area contributed by atoms with Gasteiger partial charge < -0.3 is 14.9 Å². The molecule has 0 fully saturated rings. The van der Waals surface area contributed by atoms with Crippen molar-refractivity contribution < 1.29 is 14.9 Å². The molecule has 0 bridgehead atoms. The predicted molar refractivity (Wildman–Crippen MR) is 56.8 cm³/mol. The Morgan fingerprint density at radius 1 is 1.47 bits per heavy atom. The Labute approximate surface area is 89.3 Å². The largest absolute Gasteiger partial charge is 0.508 e. The zero-order chi connectivity index (χ0) is 10.9. The summed E-state index contributed by atoms with van der Waals surface area (Å²) in [6.07, 6.45) is 2.61. The summed E-state index contributed by atoms with van der Waals surface area (Å²) in [6.45, 7) is 0.281. The van der Waals surface area contributed by atoms with Gasteiger partial charge in [0.25, 0.3) is 0 Å². The number of phenols is 1. The maximum absolute atomic E-state index is 10.4. The molecular formula is C12H16O3. The average molecular weight is 208 g/mol. The zero-order valence-corrected chi connectivity index (χ0v) is 8.86. The molecule has 3 heteroatoms. The Kier molecular flexibility index (Phi) is 2.67. The number of benzene rings is 1. The second-order valence-corrected chi connectivity index (χ2v) is 4.16. The van der Waals surface area contributed by atoms with E-state index in [4.69, 9.17) is 4.74 Å². The topological polar surface area (TPSA) is 49.7 Å². The molecule has 82 valence electrons. The van der Waals surface area contributed by atoms with E-state index in [2.05, 4.69) is 0 Å². The first-order valence-corrected chi connectivity index (χ1v) is 5.19. The minimum Gasteiger partial charge on any atom is -0.508 e. The lowest BCUT2D eigenvalue weighted by Crippen LogP contribution is -2.35. The zero-order valence-electron chi connectivity index (χ0n) is 8.86. The Bertz CT molecular complexity index is 362. The summed E-state index contributed by atoms with van der Waals surface area (Å²) in [5.74, 6) is 0.199. The van der Waals surface area contributed by atoms with Gasteiger partial charge in [-0.2, -0.15) is 0 Å². The third-order valence-electron chi connectivity index (χ3n) is 3.01. The molecule has 3 nitrogen and oxygen atoms in total. The Morgan fingerprint density at radius 2 is 2.27 bits per heavy atom. The number of aryl methyl sites for hydroxylation is 1. The SMILES string of the molecule is COCC1(O)CCCc2ccc(O)cc21. The van der Waals surface area contributed by atoms with Crippen molar-refractivity contribution in [3.63, 3.8) is 0 Å². The van der Waals surface area contributed by atoms with Crippen LogP contribution in [0.1, 0.15) is 24.0 Å². The van der Waals surface area contributed by atoms with Crippen LogP contribution in [0.15, 0.2) is 18.2 Å². The van der Waals surface area contributed by atoms with E-state index in [0.29, 0.717) is 6.42 Å². The quantitative estimate of drug-likeness (QED) is 0.775. The van der Waals surface area contributed by atoms with E-state index in [9.17, 15) is 10.2 Å². The van der Waals surface area contributed by atoms with Gasteiger partial charge in [-0.1, -0.05) is 6.07 Å². The molecule has 2 rings (SSSR count). The summed E-state index contributed by atoms with van der Waals surface area (Å²) in [6, 6.07) is 5.19. The summed E-state index contributed by atoms with van der Waals surface area (Å²) >= 11 is 0. The van der Waals surface area contributed by atoms with Crippen molar-refractivity contribution in [1.82, 2.24) is 0 Å². The number of rotatable bonds is 2. The molecule has 0 amide bonds. The first-order valence-electron chi connectivity index (χ1n) is 5.19. The fraction of sp³-hybridized carbons (Fsp3) is 0.500. The van der Waals surface area contributed by atoms with Crippen LogP contribution in [-0.2, 0) is 16.8 Å². The van der Waals surface area contributed by atoms with E-state index in [1.807, 2.05) is 6.07 Å². The van der Waals surface area contributed by atoms with Crippen molar-refractivity contribution in [3.8, 4) is 5.75 Å². The number of phenolic OH excluding ortho intramolecular Hbond substituents is 1. The van der Waals surface area contributed by atoms with Crippen molar-refractivity contribution in [3.05, 3.63) is 29.3 Å².